The lowest BCUT2D eigenvalue weighted by atomic mass is 9.88. The first-order valence-corrected chi connectivity index (χ1v) is 10.2. The molecule has 2 aliphatic heterocycles. The highest BCUT2D eigenvalue weighted by Gasteiger charge is 2.32. The maximum atomic E-state index is 14.7. The lowest BCUT2D eigenvalue weighted by Crippen LogP contribution is -2.48. The van der Waals surface area contributed by atoms with E-state index in [0.717, 1.165) is 50.7 Å². The lowest BCUT2D eigenvalue weighted by Gasteiger charge is -2.41. The molecule has 0 unspecified atom stereocenters. The van der Waals surface area contributed by atoms with Crippen LogP contribution >= 0.6 is 0 Å². The number of hydrogen-bond acceptors (Lipinski definition) is 3. The molecule has 3 heterocycles. The molecule has 1 aromatic heterocycles. The van der Waals surface area contributed by atoms with Gasteiger partial charge in [-0.2, -0.15) is 13.2 Å². The maximum Gasteiger partial charge on any atom is 0.433 e. The molecule has 1 fully saturated rings. The Hall–Kier alpha value is -1.99. The third-order valence-corrected chi connectivity index (χ3v) is 5.97. The van der Waals surface area contributed by atoms with Crippen molar-refractivity contribution in [1.82, 2.24) is 15.2 Å². The van der Waals surface area contributed by atoms with E-state index in [1.807, 2.05) is 6.07 Å². The van der Waals surface area contributed by atoms with Gasteiger partial charge in [-0.05, 0) is 72.6 Å². The van der Waals surface area contributed by atoms with Gasteiger partial charge in [0.05, 0.1) is 0 Å². The molecule has 1 N–H and O–H groups in total. The number of aryl methyl sites for hydroxylation is 2. The molecule has 156 valence electrons. The zero-order valence-electron chi connectivity index (χ0n) is 16.2. The summed E-state index contributed by atoms with van der Waals surface area (Å²) in [6.45, 7) is 3.85. The fourth-order valence-corrected chi connectivity index (χ4v) is 4.42. The van der Waals surface area contributed by atoms with Crippen LogP contribution in [0, 0.1) is 5.82 Å². The minimum atomic E-state index is -4.42. The molecule has 2 aromatic rings. The summed E-state index contributed by atoms with van der Waals surface area (Å²) < 4.78 is 53.0. The van der Waals surface area contributed by atoms with Crippen LogP contribution in [-0.4, -0.2) is 36.1 Å². The SMILES string of the molecule is Fc1cc2c(cc1CCCCc1ccnc(C(F)(F)F)c1)CCN1CCNC[C@@H]21. The number of piperazine rings is 1. The molecule has 2 aliphatic rings. The van der Waals surface area contributed by atoms with Crippen LogP contribution in [0.2, 0.25) is 0 Å². The van der Waals surface area contributed by atoms with Crippen molar-refractivity contribution in [2.45, 2.75) is 44.3 Å². The Morgan fingerprint density at radius 1 is 1.10 bits per heavy atom. The molecule has 3 nitrogen and oxygen atoms in total. The Bertz CT molecular complexity index is 866. The molecule has 4 rings (SSSR count). The van der Waals surface area contributed by atoms with Crippen LogP contribution in [-0.2, 0) is 25.4 Å². The number of unbranched alkanes of at least 4 members (excludes halogenated alkanes) is 1. The predicted molar refractivity (Wildman–Crippen MR) is 103 cm³/mol. The number of rotatable bonds is 5. The third-order valence-electron chi connectivity index (χ3n) is 5.97. The van der Waals surface area contributed by atoms with E-state index in [4.69, 9.17) is 0 Å². The third kappa shape index (κ3) is 4.61. The van der Waals surface area contributed by atoms with Crippen LogP contribution in [0.25, 0.3) is 0 Å². The van der Waals surface area contributed by atoms with Gasteiger partial charge in [0.1, 0.15) is 11.5 Å². The van der Waals surface area contributed by atoms with Gasteiger partial charge in [-0.1, -0.05) is 6.07 Å². The van der Waals surface area contributed by atoms with E-state index in [1.54, 1.807) is 12.1 Å². The summed E-state index contributed by atoms with van der Waals surface area (Å²) in [5, 5.41) is 3.39. The molecule has 0 saturated carbocycles. The highest BCUT2D eigenvalue weighted by atomic mass is 19.4. The monoisotopic (exact) mass is 407 g/mol. The molecular weight excluding hydrogens is 382 g/mol. The molecule has 0 radical (unpaired) electrons. The van der Waals surface area contributed by atoms with Crippen LogP contribution in [0.3, 0.4) is 0 Å². The first-order valence-electron chi connectivity index (χ1n) is 10.2. The highest BCUT2D eigenvalue weighted by molar-refractivity contribution is 5.38. The lowest BCUT2D eigenvalue weighted by molar-refractivity contribution is -0.141. The largest absolute Gasteiger partial charge is 0.433 e. The van der Waals surface area contributed by atoms with E-state index in [9.17, 15) is 17.6 Å². The Balaban J connectivity index is 1.36. The number of benzene rings is 1. The van der Waals surface area contributed by atoms with E-state index in [0.29, 0.717) is 30.4 Å². The number of fused-ring (bicyclic) bond motifs is 3. The van der Waals surface area contributed by atoms with Crippen molar-refractivity contribution in [3.05, 3.63) is 64.2 Å². The van der Waals surface area contributed by atoms with Crippen LogP contribution in [0.5, 0.6) is 0 Å². The first-order chi connectivity index (χ1) is 13.9. The quantitative estimate of drug-likeness (QED) is 0.592. The van der Waals surface area contributed by atoms with Gasteiger partial charge in [-0.3, -0.25) is 9.88 Å². The summed E-state index contributed by atoms with van der Waals surface area (Å²) in [5.74, 6) is -0.167. The molecule has 0 amide bonds. The normalized spacial score (nSPS) is 19.7. The molecule has 1 atom stereocenters. The van der Waals surface area contributed by atoms with E-state index in [1.165, 1.54) is 11.8 Å². The van der Waals surface area contributed by atoms with Gasteiger partial charge in [-0.15, -0.1) is 0 Å². The van der Waals surface area contributed by atoms with Crippen molar-refractivity contribution in [1.29, 1.82) is 0 Å². The molecule has 7 heteroatoms. The van der Waals surface area contributed by atoms with Gasteiger partial charge in [-0.25, -0.2) is 4.39 Å². The van der Waals surface area contributed by atoms with Crippen molar-refractivity contribution < 1.29 is 17.6 Å². The number of nitrogens with zero attached hydrogens (tertiary/aromatic N) is 2. The van der Waals surface area contributed by atoms with Crippen LogP contribution in [0.1, 0.15) is 46.8 Å². The summed E-state index contributed by atoms with van der Waals surface area (Å²) in [5.41, 5.74) is 2.80. The number of halogens is 4. The van der Waals surface area contributed by atoms with Crippen molar-refractivity contribution in [3.63, 3.8) is 0 Å². The molecule has 0 bridgehead atoms. The van der Waals surface area contributed by atoms with E-state index in [2.05, 4.69) is 15.2 Å². The number of hydrogen-bond donors (Lipinski definition) is 1. The number of pyridine rings is 1. The molecule has 29 heavy (non-hydrogen) atoms. The number of alkyl halides is 3. The van der Waals surface area contributed by atoms with E-state index < -0.39 is 11.9 Å². The molecular formula is C22H25F4N3. The van der Waals surface area contributed by atoms with Gasteiger partial charge in [0.15, 0.2) is 0 Å². The van der Waals surface area contributed by atoms with Crippen LogP contribution < -0.4 is 5.32 Å². The van der Waals surface area contributed by atoms with Gasteiger partial charge in [0, 0.05) is 38.4 Å². The smallest absolute Gasteiger partial charge is 0.314 e. The zero-order valence-corrected chi connectivity index (χ0v) is 16.2. The van der Waals surface area contributed by atoms with Crippen molar-refractivity contribution in [3.8, 4) is 0 Å². The van der Waals surface area contributed by atoms with Gasteiger partial charge < -0.3 is 5.32 Å². The molecule has 0 spiro atoms. The summed E-state index contributed by atoms with van der Waals surface area (Å²) in [7, 11) is 0. The minimum Gasteiger partial charge on any atom is -0.314 e. The fraction of sp³-hybridized carbons (Fsp3) is 0.500. The highest BCUT2D eigenvalue weighted by Crippen LogP contribution is 2.33. The zero-order chi connectivity index (χ0) is 20.4. The summed E-state index contributed by atoms with van der Waals surface area (Å²) >= 11 is 0. The van der Waals surface area contributed by atoms with Gasteiger partial charge in [0.25, 0.3) is 0 Å². The average molecular weight is 407 g/mol. The summed E-state index contributed by atoms with van der Waals surface area (Å²) in [6, 6.07) is 6.67. The van der Waals surface area contributed by atoms with Crippen molar-refractivity contribution >= 4 is 0 Å². The second kappa shape index (κ2) is 8.40. The standard InChI is InChI=1S/C22H25F4N3/c23-19-13-18-16(6-9-29-10-8-27-14-20(18)29)12-17(19)4-2-1-3-15-5-7-28-21(11-15)22(24,25)26/h5,7,11-13,20,27H,1-4,6,8-10,14H2/t20-/m0/s1. The van der Waals surface area contributed by atoms with Crippen molar-refractivity contribution in [2.24, 2.45) is 0 Å². The predicted octanol–water partition coefficient (Wildman–Crippen LogP) is 4.31. The molecule has 1 aromatic carbocycles. The topological polar surface area (TPSA) is 28.2 Å². The Kier molecular flexibility index (Phi) is 5.88. The van der Waals surface area contributed by atoms with E-state index >= 15 is 0 Å². The second-order valence-corrected chi connectivity index (χ2v) is 7.90. The van der Waals surface area contributed by atoms with Crippen molar-refractivity contribution in [2.75, 3.05) is 26.2 Å². The van der Waals surface area contributed by atoms with Crippen LogP contribution in [0.15, 0.2) is 30.5 Å². The van der Waals surface area contributed by atoms with Crippen LogP contribution in [0.4, 0.5) is 17.6 Å². The van der Waals surface area contributed by atoms with Gasteiger partial charge in [0.2, 0.25) is 0 Å². The Labute approximate surface area is 168 Å². The Morgan fingerprint density at radius 3 is 2.76 bits per heavy atom. The van der Waals surface area contributed by atoms with E-state index in [-0.39, 0.29) is 11.9 Å². The summed E-state index contributed by atoms with van der Waals surface area (Å²) in [4.78, 5) is 5.80. The molecule has 0 aliphatic carbocycles. The average Bonchev–Trinajstić information content (AvgIpc) is 2.71. The first kappa shape index (κ1) is 20.3. The number of nitrogens with one attached hydrogen (secondary N) is 1. The van der Waals surface area contributed by atoms with Gasteiger partial charge >= 0.3 is 6.18 Å². The fourth-order valence-electron chi connectivity index (χ4n) is 4.42. The summed E-state index contributed by atoms with van der Waals surface area (Å²) in [6.07, 6.45) is 0.283. The molecule has 1 saturated heterocycles. The number of aromatic nitrogens is 1. The second-order valence-electron chi connectivity index (χ2n) is 7.90. The Morgan fingerprint density at radius 2 is 1.93 bits per heavy atom. The minimum absolute atomic E-state index is 0.167. The maximum absolute atomic E-state index is 14.7.